The van der Waals surface area contributed by atoms with E-state index in [0.717, 1.165) is 23.2 Å². The van der Waals surface area contributed by atoms with Gasteiger partial charge in [-0.25, -0.2) is 0 Å². The van der Waals surface area contributed by atoms with Gasteiger partial charge in [0.15, 0.2) is 0 Å². The van der Waals surface area contributed by atoms with E-state index in [1.165, 1.54) is 6.66 Å². The molecule has 0 radical (unpaired) electrons. The van der Waals surface area contributed by atoms with E-state index in [2.05, 4.69) is 24.3 Å². The summed E-state index contributed by atoms with van der Waals surface area (Å²) in [5.41, 5.74) is 0. The molecule has 0 aromatic rings. The second kappa shape index (κ2) is 12.3. The van der Waals surface area contributed by atoms with Gasteiger partial charge in [0.05, 0.1) is 0 Å². The van der Waals surface area contributed by atoms with Crippen LogP contribution in [0.2, 0.25) is 0 Å². The second-order valence-electron chi connectivity index (χ2n) is 5.46. The predicted molar refractivity (Wildman–Crippen MR) is 110 cm³/mol. The van der Waals surface area contributed by atoms with E-state index in [4.69, 9.17) is 26.6 Å². The zero-order valence-electron chi connectivity index (χ0n) is 16.5. The van der Waals surface area contributed by atoms with Crippen molar-refractivity contribution in [3.8, 4) is 0 Å². The number of allylic oxidation sites excluding steroid dienone is 8. The first kappa shape index (κ1) is 27.6. The van der Waals surface area contributed by atoms with Crippen molar-refractivity contribution in [2.75, 3.05) is 42.7 Å². The molecule has 2 rings (SSSR count). The van der Waals surface area contributed by atoms with E-state index < -0.39 is 40.5 Å². The van der Waals surface area contributed by atoms with Crippen molar-refractivity contribution in [2.45, 2.75) is 12.8 Å². The van der Waals surface area contributed by atoms with Crippen LogP contribution in [0, 0.1) is 0 Å². The summed E-state index contributed by atoms with van der Waals surface area (Å²) in [6.07, 6.45) is 10.5. The molecule has 0 atom stereocenters. The van der Waals surface area contributed by atoms with E-state index in [0.29, 0.717) is 0 Å². The average molecular weight is 622 g/mol. The minimum absolute atomic E-state index is 0. The van der Waals surface area contributed by atoms with Crippen LogP contribution in [-0.2, 0) is 49.5 Å². The molecule has 0 fully saturated rings. The quantitative estimate of drug-likeness (QED) is 0.350. The van der Waals surface area contributed by atoms with Gasteiger partial charge in [-0.2, -0.15) is 0 Å². The minimum Gasteiger partial charge on any atom is -0.147 e. The van der Waals surface area contributed by atoms with E-state index in [1.807, 2.05) is 0 Å². The van der Waals surface area contributed by atoms with E-state index in [1.54, 1.807) is 42.7 Å². The third-order valence-corrected chi connectivity index (χ3v) is 17.3. The second-order valence-corrected chi connectivity index (χ2v) is 16.4. The Morgan fingerprint density at radius 1 is 0.630 bits per heavy atom. The summed E-state index contributed by atoms with van der Waals surface area (Å²) in [6, 6.07) is 0. The third kappa shape index (κ3) is 5.40. The zero-order valence-corrected chi connectivity index (χ0v) is 23.7. The molecule has 0 saturated carbocycles. The Hall–Kier alpha value is 0.604. The number of rotatable bonds is 10. The molecule has 2 aliphatic rings. The molecule has 0 aliphatic heterocycles. The molecule has 6 nitrogen and oxygen atoms in total. The Morgan fingerprint density at radius 3 is 1.19 bits per heavy atom. The topological polar surface area (TPSA) is 55.4 Å². The maximum absolute atomic E-state index is 5.69. The van der Waals surface area contributed by atoms with Crippen LogP contribution in [-0.4, -0.2) is 60.3 Å². The van der Waals surface area contributed by atoms with Crippen molar-refractivity contribution in [1.29, 1.82) is 0 Å². The average Bonchev–Trinajstić information content (AvgIpc) is 3.31. The van der Waals surface area contributed by atoms with Gasteiger partial charge >= 0.3 is 164 Å². The molecule has 154 valence electrons. The first-order valence-corrected chi connectivity index (χ1v) is 15.0. The van der Waals surface area contributed by atoms with Gasteiger partial charge in [0.25, 0.3) is 0 Å². The fourth-order valence-electron chi connectivity index (χ4n) is 3.16. The number of hydrogen-bond acceptors (Lipinski definition) is 6. The molecule has 0 aromatic carbocycles. The van der Waals surface area contributed by atoms with Crippen LogP contribution in [0.1, 0.15) is 12.8 Å². The predicted octanol–water partition coefficient (Wildman–Crippen LogP) is 3.18. The summed E-state index contributed by atoms with van der Waals surface area (Å²) in [5, 5.41) is 2.25. The molecule has 0 spiro atoms. The molecule has 27 heavy (non-hydrogen) atoms. The maximum Gasteiger partial charge on any atom is -0.147 e. The van der Waals surface area contributed by atoms with Crippen molar-refractivity contribution >= 4 is 42.4 Å². The largest absolute Gasteiger partial charge is 0.147 e. The molecule has 0 unspecified atom stereocenters. The molecule has 0 aromatic heterocycles. The molecule has 11 heteroatoms. The van der Waals surface area contributed by atoms with Crippen LogP contribution in [0.3, 0.4) is 0 Å². The molecule has 0 N–H and O–H groups in total. The van der Waals surface area contributed by atoms with Crippen molar-refractivity contribution in [3.63, 3.8) is 0 Å². The van der Waals surface area contributed by atoms with Crippen molar-refractivity contribution in [3.05, 3.63) is 41.4 Å². The van der Waals surface area contributed by atoms with Gasteiger partial charge in [0.2, 0.25) is 0 Å². The van der Waals surface area contributed by atoms with Crippen LogP contribution < -0.4 is 0 Å². The normalized spacial score (nSPS) is 16.7. The van der Waals surface area contributed by atoms with Gasteiger partial charge in [-0.05, 0) is 0 Å². The van der Waals surface area contributed by atoms with Gasteiger partial charge in [0.1, 0.15) is 0 Å². The van der Waals surface area contributed by atoms with E-state index >= 15 is 0 Å². The van der Waals surface area contributed by atoms with E-state index in [9.17, 15) is 0 Å². The first-order chi connectivity index (χ1) is 12.1. The van der Waals surface area contributed by atoms with Crippen LogP contribution >= 0.6 is 24.8 Å². The maximum atomic E-state index is 5.69. The Bertz CT molecular complexity index is 548. The monoisotopic (exact) mass is 622 g/mol. The van der Waals surface area contributed by atoms with Gasteiger partial charge in [-0.15, -0.1) is 24.8 Å². The fraction of sp³-hybridized carbons (Fsp3) is 0.500. The minimum atomic E-state index is -2.80. The van der Waals surface area contributed by atoms with Gasteiger partial charge in [-0.3, -0.25) is 0 Å². The Kier molecular flexibility index (Phi) is 12.6. The third-order valence-electron chi connectivity index (χ3n) is 4.44. The standard InChI is InChI=1S/2C8H13O3Si.2ClH.Hf/c2*1-9-12(10-2,11-3)8-6-4-5-7-8;;;/h2*4,6H,5H2,1-3H3;2*1H;. The van der Waals surface area contributed by atoms with E-state index in [-0.39, 0.29) is 24.8 Å². The Morgan fingerprint density at radius 2 is 0.926 bits per heavy atom. The molecule has 0 heterocycles. The molecule has 0 amide bonds. The molecule has 0 bridgehead atoms. The summed E-state index contributed by atoms with van der Waals surface area (Å²) in [7, 11) is 4.35. The van der Waals surface area contributed by atoms with Gasteiger partial charge < -0.3 is 0 Å². The molecular weight excluding hydrogens is 594 g/mol. The Labute approximate surface area is 187 Å². The zero-order chi connectivity index (χ0) is 18.5. The van der Waals surface area contributed by atoms with Crippen molar-refractivity contribution in [1.82, 2.24) is 0 Å². The van der Waals surface area contributed by atoms with Gasteiger partial charge in [0, 0.05) is 0 Å². The van der Waals surface area contributed by atoms with Crippen LogP contribution in [0.25, 0.3) is 0 Å². The smallest absolute Gasteiger partial charge is 0.147 e. The summed E-state index contributed by atoms with van der Waals surface area (Å²) in [5.74, 6) is 0. The summed E-state index contributed by atoms with van der Waals surface area (Å²) in [4.78, 5) is 0. The van der Waals surface area contributed by atoms with Crippen LogP contribution in [0.15, 0.2) is 41.4 Å². The summed E-state index contributed by atoms with van der Waals surface area (Å²) >= 11 is -1.33. The van der Waals surface area contributed by atoms with Gasteiger partial charge in [-0.1, -0.05) is 0 Å². The first-order valence-electron chi connectivity index (χ1n) is 7.94. The number of halogens is 2. The van der Waals surface area contributed by atoms with Crippen LogP contribution in [0.5, 0.6) is 0 Å². The summed E-state index contributed by atoms with van der Waals surface area (Å²) in [6.45, 7) is 0. The summed E-state index contributed by atoms with van der Waals surface area (Å²) < 4.78 is 37.0. The van der Waals surface area contributed by atoms with Crippen molar-refractivity contribution < 1.29 is 49.5 Å². The fourth-order valence-corrected chi connectivity index (χ4v) is 15.8. The molecule has 2 aliphatic carbocycles. The SMILES string of the molecule is CO[Si](OC)(OC)C1=[C]([Hf][C]2=C([Si](OC)(OC)OC)C=CC2)CC=C1.Cl.Cl. The Balaban J connectivity index is 0.00000338. The number of hydrogen-bond donors (Lipinski definition) is 0. The van der Waals surface area contributed by atoms with Crippen molar-refractivity contribution in [2.24, 2.45) is 0 Å². The molecule has 0 saturated heterocycles. The van der Waals surface area contributed by atoms with Crippen LogP contribution in [0.4, 0.5) is 0 Å². The molecular formula is C16H28Cl2HfO6Si2.